The Kier molecular flexibility index (Phi) is 4.46. The molecule has 2 heterocycles. The van der Waals surface area contributed by atoms with Crippen LogP contribution in [0.2, 0.25) is 0 Å². The Balaban J connectivity index is 2.13. The van der Waals surface area contributed by atoms with Gasteiger partial charge in [-0.1, -0.05) is 5.16 Å². The first-order chi connectivity index (χ1) is 9.05. The first-order valence-electron chi connectivity index (χ1n) is 6.26. The molecule has 0 spiro atoms. The molecule has 2 rings (SSSR count). The largest absolute Gasteiger partial charge is 0.465 e. The molecule has 1 aromatic rings. The Labute approximate surface area is 116 Å². The van der Waals surface area contributed by atoms with Crippen LogP contribution in [0, 0.1) is 0 Å². The van der Waals surface area contributed by atoms with E-state index in [-0.39, 0.29) is 18.0 Å². The average Bonchev–Trinajstić information content (AvgIpc) is 2.90. The molecule has 106 valence electrons. The Bertz CT molecular complexity index is 441. The van der Waals surface area contributed by atoms with Crippen molar-refractivity contribution in [3.63, 3.8) is 0 Å². The zero-order chi connectivity index (χ0) is 13.9. The van der Waals surface area contributed by atoms with Gasteiger partial charge in [0.05, 0.1) is 13.2 Å². The predicted molar refractivity (Wildman–Crippen MR) is 70.0 cm³/mol. The highest BCUT2D eigenvalue weighted by Gasteiger charge is 2.38. The van der Waals surface area contributed by atoms with Gasteiger partial charge in [-0.25, -0.2) is 0 Å². The molecule has 1 unspecified atom stereocenters. The third kappa shape index (κ3) is 3.09. The van der Waals surface area contributed by atoms with Crippen molar-refractivity contribution in [2.45, 2.75) is 32.3 Å². The third-order valence-corrected chi connectivity index (χ3v) is 3.86. The number of rotatable bonds is 4. The molecule has 7 heteroatoms. The van der Waals surface area contributed by atoms with E-state index in [0.717, 1.165) is 11.5 Å². The number of carbonyl (C=O) groups is 1. The fourth-order valence-corrected chi connectivity index (χ4v) is 2.50. The normalized spacial score (nSPS) is 20.3. The molecule has 0 saturated carbocycles. The van der Waals surface area contributed by atoms with Crippen LogP contribution in [0.5, 0.6) is 0 Å². The van der Waals surface area contributed by atoms with Crippen LogP contribution in [0.1, 0.15) is 38.6 Å². The summed E-state index contributed by atoms with van der Waals surface area (Å²) < 4.78 is 15.8. The Morgan fingerprint density at radius 2 is 2.37 bits per heavy atom. The van der Waals surface area contributed by atoms with E-state index in [1.807, 2.05) is 0 Å². The zero-order valence-electron chi connectivity index (χ0n) is 11.3. The summed E-state index contributed by atoms with van der Waals surface area (Å²) in [5, 5.41) is 3.92. The molecule has 1 aliphatic heterocycles. The number of hydrogen-bond acceptors (Lipinski definition) is 7. The van der Waals surface area contributed by atoms with Gasteiger partial charge in [0.15, 0.2) is 0 Å². The Morgan fingerprint density at radius 1 is 1.58 bits per heavy atom. The van der Waals surface area contributed by atoms with Crippen molar-refractivity contribution in [2.24, 2.45) is 0 Å². The van der Waals surface area contributed by atoms with E-state index in [0.29, 0.717) is 19.0 Å². The lowest BCUT2D eigenvalue weighted by atomic mass is 9.94. The highest BCUT2D eigenvalue weighted by molar-refractivity contribution is 7.99. The number of aromatic nitrogens is 2. The summed E-state index contributed by atoms with van der Waals surface area (Å²) in [6, 6.07) is 0. The molecule has 0 aliphatic carbocycles. The second-order valence-electron chi connectivity index (χ2n) is 4.74. The maximum absolute atomic E-state index is 11.9. The van der Waals surface area contributed by atoms with Crippen molar-refractivity contribution in [2.75, 3.05) is 24.7 Å². The van der Waals surface area contributed by atoms with Gasteiger partial charge >= 0.3 is 5.97 Å². The van der Waals surface area contributed by atoms with E-state index in [9.17, 15) is 4.79 Å². The molecule has 0 radical (unpaired) electrons. The average molecular weight is 286 g/mol. The molecular weight excluding hydrogens is 268 g/mol. The van der Waals surface area contributed by atoms with E-state index in [1.54, 1.807) is 32.5 Å². The standard InChI is InChI=1S/C12H18N2O4S/c1-4-16-11(15)12(2,3)10-13-9(14-18-10)8-7-19-6-5-17-8/h8H,4-7H2,1-3H3. The Morgan fingerprint density at radius 3 is 3.00 bits per heavy atom. The summed E-state index contributed by atoms with van der Waals surface area (Å²) in [5.74, 6) is 2.18. The molecule has 0 aromatic carbocycles. The fraction of sp³-hybridized carbons (Fsp3) is 0.750. The third-order valence-electron chi connectivity index (χ3n) is 2.87. The van der Waals surface area contributed by atoms with Crippen molar-refractivity contribution in [1.29, 1.82) is 0 Å². The summed E-state index contributed by atoms with van der Waals surface area (Å²) >= 11 is 1.79. The van der Waals surface area contributed by atoms with Crippen LogP contribution in [-0.2, 0) is 19.7 Å². The first kappa shape index (κ1) is 14.3. The zero-order valence-corrected chi connectivity index (χ0v) is 12.2. The second kappa shape index (κ2) is 5.92. The van der Waals surface area contributed by atoms with Gasteiger partial charge in [-0.05, 0) is 20.8 Å². The van der Waals surface area contributed by atoms with Crippen molar-refractivity contribution < 1.29 is 18.8 Å². The predicted octanol–water partition coefficient (Wildman–Crippen LogP) is 1.71. The van der Waals surface area contributed by atoms with Crippen LogP contribution >= 0.6 is 11.8 Å². The van der Waals surface area contributed by atoms with E-state index in [1.165, 1.54) is 0 Å². The van der Waals surface area contributed by atoms with E-state index >= 15 is 0 Å². The summed E-state index contributed by atoms with van der Waals surface area (Å²) in [6.45, 7) is 6.18. The van der Waals surface area contributed by atoms with Gasteiger partial charge < -0.3 is 14.0 Å². The molecule has 1 atom stereocenters. The summed E-state index contributed by atoms with van der Waals surface area (Å²) in [7, 11) is 0. The smallest absolute Gasteiger partial charge is 0.321 e. The monoisotopic (exact) mass is 286 g/mol. The number of esters is 1. The van der Waals surface area contributed by atoms with E-state index in [4.69, 9.17) is 14.0 Å². The van der Waals surface area contributed by atoms with Crippen molar-refractivity contribution in [3.8, 4) is 0 Å². The molecule has 1 aliphatic rings. The minimum absolute atomic E-state index is 0.158. The first-order valence-corrected chi connectivity index (χ1v) is 7.41. The van der Waals surface area contributed by atoms with Crippen molar-refractivity contribution in [3.05, 3.63) is 11.7 Å². The van der Waals surface area contributed by atoms with Crippen LogP contribution < -0.4 is 0 Å². The second-order valence-corrected chi connectivity index (χ2v) is 5.89. The molecule has 1 fully saturated rings. The van der Waals surface area contributed by atoms with Gasteiger partial charge in [0, 0.05) is 11.5 Å². The summed E-state index contributed by atoms with van der Waals surface area (Å²) in [4.78, 5) is 16.2. The molecule has 1 aromatic heterocycles. The van der Waals surface area contributed by atoms with Crippen molar-refractivity contribution in [1.82, 2.24) is 10.1 Å². The molecule has 19 heavy (non-hydrogen) atoms. The van der Waals surface area contributed by atoms with Crippen LogP contribution in [0.25, 0.3) is 0 Å². The molecule has 1 saturated heterocycles. The fourth-order valence-electron chi connectivity index (χ4n) is 1.66. The summed E-state index contributed by atoms with van der Waals surface area (Å²) in [6.07, 6.45) is -0.158. The van der Waals surface area contributed by atoms with Crippen LogP contribution in [0.15, 0.2) is 4.52 Å². The highest BCUT2D eigenvalue weighted by atomic mass is 32.2. The van der Waals surface area contributed by atoms with E-state index in [2.05, 4.69) is 10.1 Å². The van der Waals surface area contributed by atoms with Gasteiger partial charge in [0.2, 0.25) is 11.7 Å². The lowest BCUT2D eigenvalue weighted by Gasteiger charge is -2.19. The quantitative estimate of drug-likeness (QED) is 0.780. The van der Waals surface area contributed by atoms with Gasteiger partial charge in [-0.2, -0.15) is 16.7 Å². The maximum Gasteiger partial charge on any atom is 0.321 e. The lowest BCUT2D eigenvalue weighted by Crippen LogP contribution is -2.31. The van der Waals surface area contributed by atoms with Crippen molar-refractivity contribution >= 4 is 17.7 Å². The molecular formula is C12H18N2O4S. The van der Waals surface area contributed by atoms with Gasteiger partial charge in [0.1, 0.15) is 11.5 Å². The topological polar surface area (TPSA) is 74.5 Å². The lowest BCUT2D eigenvalue weighted by molar-refractivity contribution is -0.149. The minimum Gasteiger partial charge on any atom is -0.465 e. The molecule has 6 nitrogen and oxygen atoms in total. The van der Waals surface area contributed by atoms with E-state index < -0.39 is 5.41 Å². The van der Waals surface area contributed by atoms with Crippen LogP contribution in [0.3, 0.4) is 0 Å². The minimum atomic E-state index is -0.941. The SMILES string of the molecule is CCOC(=O)C(C)(C)c1nc(C2CSCCO2)no1. The Hall–Kier alpha value is -1.08. The number of thioether (sulfide) groups is 1. The maximum atomic E-state index is 11.9. The molecule has 0 bridgehead atoms. The van der Waals surface area contributed by atoms with Gasteiger partial charge in [0.25, 0.3) is 0 Å². The molecule has 0 N–H and O–H groups in total. The number of ether oxygens (including phenoxy) is 2. The van der Waals surface area contributed by atoms with Gasteiger partial charge in [-0.15, -0.1) is 0 Å². The molecule has 0 amide bonds. The number of carbonyl (C=O) groups excluding carboxylic acids is 1. The van der Waals surface area contributed by atoms with Crippen LogP contribution in [0.4, 0.5) is 0 Å². The van der Waals surface area contributed by atoms with Gasteiger partial charge in [-0.3, -0.25) is 4.79 Å². The summed E-state index contributed by atoms with van der Waals surface area (Å²) in [5.41, 5.74) is -0.941. The highest BCUT2D eigenvalue weighted by Crippen LogP contribution is 2.28. The number of hydrogen-bond donors (Lipinski definition) is 0. The number of nitrogens with zero attached hydrogens (tertiary/aromatic N) is 2. The van der Waals surface area contributed by atoms with Crippen LogP contribution in [-0.4, -0.2) is 40.8 Å².